The van der Waals surface area contributed by atoms with E-state index in [4.69, 9.17) is 4.42 Å². The zero-order valence-corrected chi connectivity index (χ0v) is 14.6. The molecule has 1 fully saturated rings. The number of amides is 4. The Morgan fingerprint density at radius 2 is 1.78 bits per heavy atom. The number of hydrogen-bond acceptors (Lipinski definition) is 5. The van der Waals surface area contributed by atoms with Crippen molar-refractivity contribution in [2.75, 3.05) is 11.9 Å². The smallest absolute Gasteiger partial charge is 0.253 e. The second-order valence-corrected chi connectivity index (χ2v) is 6.04. The molecule has 0 saturated carbocycles. The van der Waals surface area contributed by atoms with Gasteiger partial charge in [0.05, 0.1) is 24.1 Å². The monoisotopic (exact) mass is 369 g/mol. The van der Waals surface area contributed by atoms with Gasteiger partial charge in [0.1, 0.15) is 5.76 Å². The summed E-state index contributed by atoms with van der Waals surface area (Å²) in [4.78, 5) is 48.8. The highest BCUT2D eigenvalue weighted by atomic mass is 16.3. The maximum atomic E-state index is 12.4. The summed E-state index contributed by atoms with van der Waals surface area (Å²) in [5.74, 6) is -0.637. The average Bonchev–Trinajstić information content (AvgIpc) is 3.29. The number of imide groups is 1. The molecule has 1 aromatic carbocycles. The number of carbonyl (C=O) groups excluding carboxylic acids is 4. The molecule has 1 aliphatic rings. The van der Waals surface area contributed by atoms with E-state index in [2.05, 4.69) is 10.6 Å². The summed E-state index contributed by atoms with van der Waals surface area (Å²) in [6, 6.07) is 10.1. The third-order valence-electron chi connectivity index (χ3n) is 4.17. The fourth-order valence-corrected chi connectivity index (χ4v) is 2.76. The van der Waals surface area contributed by atoms with Crippen LogP contribution >= 0.6 is 0 Å². The van der Waals surface area contributed by atoms with E-state index in [0.29, 0.717) is 17.0 Å². The first kappa shape index (κ1) is 18.4. The minimum Gasteiger partial charge on any atom is -0.467 e. The van der Waals surface area contributed by atoms with Crippen LogP contribution in [0.2, 0.25) is 0 Å². The number of benzene rings is 1. The molecular weight excluding hydrogens is 350 g/mol. The summed E-state index contributed by atoms with van der Waals surface area (Å²) >= 11 is 0. The lowest BCUT2D eigenvalue weighted by molar-refractivity contribution is -0.138. The molecule has 27 heavy (non-hydrogen) atoms. The Labute approximate surface area is 155 Å². The quantitative estimate of drug-likeness (QED) is 0.722. The van der Waals surface area contributed by atoms with Crippen molar-refractivity contribution in [3.8, 4) is 0 Å². The Hall–Kier alpha value is -3.42. The SMILES string of the molecule is O=C(CCN1C(=O)CCC1=O)Nc1ccccc1C(=O)NCc1ccco1. The fraction of sp³-hybridized carbons (Fsp3) is 0.263. The Morgan fingerprint density at radius 3 is 2.48 bits per heavy atom. The Bertz CT molecular complexity index is 844. The van der Waals surface area contributed by atoms with Gasteiger partial charge in [0.2, 0.25) is 17.7 Å². The van der Waals surface area contributed by atoms with Gasteiger partial charge in [0, 0.05) is 25.8 Å². The normalized spacial score (nSPS) is 13.7. The standard InChI is InChI=1S/C19H19N3O5/c23-16(9-10-22-17(24)7-8-18(22)25)21-15-6-2-1-5-14(15)19(26)20-12-13-4-3-11-27-13/h1-6,11H,7-10,12H2,(H,20,26)(H,21,23). The molecule has 3 rings (SSSR count). The number of rotatable bonds is 7. The number of anilines is 1. The molecule has 0 spiro atoms. The van der Waals surface area contributed by atoms with E-state index in [1.54, 1.807) is 36.4 Å². The van der Waals surface area contributed by atoms with Gasteiger partial charge >= 0.3 is 0 Å². The molecule has 0 bridgehead atoms. The fourth-order valence-electron chi connectivity index (χ4n) is 2.76. The Kier molecular flexibility index (Phi) is 5.65. The number of hydrogen-bond donors (Lipinski definition) is 2. The molecule has 2 heterocycles. The molecule has 0 radical (unpaired) electrons. The highest BCUT2D eigenvalue weighted by Crippen LogP contribution is 2.16. The highest BCUT2D eigenvalue weighted by Gasteiger charge is 2.28. The number of likely N-dealkylation sites (tertiary alicyclic amines) is 1. The molecule has 0 atom stereocenters. The largest absolute Gasteiger partial charge is 0.467 e. The van der Waals surface area contributed by atoms with Crippen molar-refractivity contribution < 1.29 is 23.6 Å². The number of furan rings is 1. The molecule has 140 valence electrons. The van der Waals surface area contributed by atoms with Gasteiger partial charge in [-0.05, 0) is 24.3 Å². The molecular formula is C19H19N3O5. The van der Waals surface area contributed by atoms with Crippen LogP contribution in [-0.4, -0.2) is 35.1 Å². The maximum Gasteiger partial charge on any atom is 0.253 e. The lowest BCUT2D eigenvalue weighted by atomic mass is 10.1. The van der Waals surface area contributed by atoms with Gasteiger partial charge in [0.15, 0.2) is 0 Å². The third kappa shape index (κ3) is 4.60. The summed E-state index contributed by atoms with van der Waals surface area (Å²) in [6.07, 6.45) is 1.88. The lowest BCUT2D eigenvalue weighted by Gasteiger charge is -2.14. The van der Waals surface area contributed by atoms with Crippen LogP contribution < -0.4 is 10.6 Å². The molecule has 8 nitrogen and oxygen atoms in total. The number of nitrogens with zero attached hydrogens (tertiary/aromatic N) is 1. The van der Waals surface area contributed by atoms with E-state index in [1.807, 2.05) is 0 Å². The molecule has 0 unspecified atom stereocenters. The Morgan fingerprint density at radius 1 is 1.04 bits per heavy atom. The number of carbonyl (C=O) groups is 4. The molecule has 1 aromatic heterocycles. The first-order valence-corrected chi connectivity index (χ1v) is 8.57. The molecule has 4 amide bonds. The van der Waals surface area contributed by atoms with Crippen LogP contribution in [0.25, 0.3) is 0 Å². The second kappa shape index (κ2) is 8.31. The summed E-state index contributed by atoms with van der Waals surface area (Å²) in [6.45, 7) is 0.268. The van der Waals surface area contributed by atoms with E-state index < -0.39 is 0 Å². The first-order valence-electron chi connectivity index (χ1n) is 8.57. The minimum absolute atomic E-state index is 0.0279. The van der Waals surface area contributed by atoms with Crippen LogP contribution in [0.15, 0.2) is 47.1 Å². The van der Waals surface area contributed by atoms with Gasteiger partial charge in [-0.1, -0.05) is 12.1 Å². The number of nitrogens with one attached hydrogen (secondary N) is 2. The summed E-state index contributed by atoms with van der Waals surface area (Å²) in [5, 5.41) is 5.39. The average molecular weight is 369 g/mol. The predicted octanol–water partition coefficient (Wildman–Crippen LogP) is 1.69. The van der Waals surface area contributed by atoms with Gasteiger partial charge in [-0.15, -0.1) is 0 Å². The van der Waals surface area contributed by atoms with E-state index in [-0.39, 0.29) is 56.0 Å². The predicted molar refractivity (Wildman–Crippen MR) is 95.5 cm³/mol. The van der Waals surface area contributed by atoms with Crippen molar-refractivity contribution in [3.05, 3.63) is 54.0 Å². The van der Waals surface area contributed by atoms with Crippen LogP contribution in [0.5, 0.6) is 0 Å². The summed E-state index contributed by atoms with van der Waals surface area (Å²) < 4.78 is 5.17. The van der Waals surface area contributed by atoms with E-state index in [1.165, 1.54) is 6.26 Å². The summed E-state index contributed by atoms with van der Waals surface area (Å²) in [7, 11) is 0. The zero-order chi connectivity index (χ0) is 19.2. The third-order valence-corrected chi connectivity index (χ3v) is 4.17. The van der Waals surface area contributed by atoms with Crippen molar-refractivity contribution >= 4 is 29.3 Å². The maximum absolute atomic E-state index is 12.4. The molecule has 2 aromatic rings. The highest BCUT2D eigenvalue weighted by molar-refractivity contribution is 6.04. The molecule has 1 saturated heterocycles. The van der Waals surface area contributed by atoms with Crippen LogP contribution in [0.3, 0.4) is 0 Å². The first-order chi connectivity index (χ1) is 13.0. The number of para-hydroxylation sites is 1. The van der Waals surface area contributed by atoms with Crippen LogP contribution in [0.4, 0.5) is 5.69 Å². The van der Waals surface area contributed by atoms with Crippen molar-refractivity contribution in [2.45, 2.75) is 25.8 Å². The van der Waals surface area contributed by atoms with Gasteiger partial charge in [0.25, 0.3) is 5.91 Å². The lowest BCUT2D eigenvalue weighted by Crippen LogP contribution is -2.32. The van der Waals surface area contributed by atoms with E-state index in [9.17, 15) is 19.2 Å². The van der Waals surface area contributed by atoms with Crippen LogP contribution in [0.1, 0.15) is 35.4 Å². The topological polar surface area (TPSA) is 109 Å². The van der Waals surface area contributed by atoms with Gasteiger partial charge in [-0.3, -0.25) is 24.1 Å². The van der Waals surface area contributed by atoms with Crippen LogP contribution in [0, 0.1) is 0 Å². The summed E-state index contributed by atoms with van der Waals surface area (Å²) in [5.41, 5.74) is 0.671. The Balaban J connectivity index is 1.58. The van der Waals surface area contributed by atoms with Gasteiger partial charge in [-0.2, -0.15) is 0 Å². The second-order valence-electron chi connectivity index (χ2n) is 6.04. The van der Waals surface area contributed by atoms with Gasteiger partial charge in [-0.25, -0.2) is 0 Å². The molecule has 1 aliphatic heterocycles. The minimum atomic E-state index is -0.381. The van der Waals surface area contributed by atoms with Crippen LogP contribution in [-0.2, 0) is 20.9 Å². The molecule has 8 heteroatoms. The van der Waals surface area contributed by atoms with E-state index in [0.717, 1.165) is 4.90 Å². The molecule has 0 aliphatic carbocycles. The van der Waals surface area contributed by atoms with Crippen molar-refractivity contribution in [1.82, 2.24) is 10.2 Å². The van der Waals surface area contributed by atoms with Crippen molar-refractivity contribution in [1.29, 1.82) is 0 Å². The van der Waals surface area contributed by atoms with Gasteiger partial charge < -0.3 is 15.1 Å². The molecule has 2 N–H and O–H groups in total. The van der Waals surface area contributed by atoms with Crippen molar-refractivity contribution in [2.24, 2.45) is 0 Å². The van der Waals surface area contributed by atoms with Crippen molar-refractivity contribution in [3.63, 3.8) is 0 Å². The zero-order valence-electron chi connectivity index (χ0n) is 14.6. The van der Waals surface area contributed by atoms with E-state index >= 15 is 0 Å².